The van der Waals surface area contributed by atoms with E-state index in [1.165, 1.54) is 4.88 Å². The maximum Gasteiger partial charge on any atom is 0.124 e. The summed E-state index contributed by atoms with van der Waals surface area (Å²) in [5.74, 6) is 0.243. The third-order valence-electron chi connectivity index (χ3n) is 2.66. The predicted molar refractivity (Wildman–Crippen MR) is 69.3 cm³/mol. The lowest BCUT2D eigenvalue weighted by molar-refractivity contribution is 0.418. The van der Waals surface area contributed by atoms with Gasteiger partial charge in [0.2, 0.25) is 0 Å². The van der Waals surface area contributed by atoms with Crippen LogP contribution in [0.4, 0.5) is 0 Å². The van der Waals surface area contributed by atoms with Gasteiger partial charge in [-0.25, -0.2) is 0 Å². The molecule has 0 fully saturated rings. The Kier molecular flexibility index (Phi) is 3.66. The average Bonchev–Trinajstić information content (AvgIpc) is 2.79. The molecule has 0 amide bonds. The quantitative estimate of drug-likeness (QED) is 0.780. The molecule has 2 aromatic rings. The number of hydrogen-bond donors (Lipinski definition) is 3. The molecule has 1 atom stereocenters. The molecule has 0 saturated heterocycles. The van der Waals surface area contributed by atoms with Crippen LogP contribution in [0.5, 0.6) is 11.5 Å². The topological polar surface area (TPSA) is 52.5 Å². The van der Waals surface area contributed by atoms with E-state index in [9.17, 15) is 10.2 Å². The predicted octanol–water partition coefficient (Wildman–Crippen LogP) is 3.01. The Bertz CT molecular complexity index is 462. The Balaban J connectivity index is 2.07. The molecular weight excluding hydrogens is 234 g/mol. The highest BCUT2D eigenvalue weighted by molar-refractivity contribution is 7.09. The Morgan fingerprint density at radius 2 is 1.88 bits per heavy atom. The summed E-state index contributed by atoms with van der Waals surface area (Å²) in [6.45, 7) is 2.65. The molecule has 0 aliphatic rings. The van der Waals surface area contributed by atoms with Gasteiger partial charge in [0.05, 0.1) is 5.56 Å². The largest absolute Gasteiger partial charge is 0.507 e. The summed E-state index contributed by atoms with van der Waals surface area (Å²) in [5, 5.41) is 24.7. The molecule has 0 aliphatic heterocycles. The van der Waals surface area contributed by atoms with Gasteiger partial charge in [-0.3, -0.25) is 0 Å². The number of aromatic hydroxyl groups is 2. The van der Waals surface area contributed by atoms with E-state index in [2.05, 4.69) is 11.4 Å². The summed E-state index contributed by atoms with van der Waals surface area (Å²) >= 11 is 1.68. The van der Waals surface area contributed by atoms with Crippen molar-refractivity contribution in [1.82, 2.24) is 5.32 Å². The van der Waals surface area contributed by atoms with Crippen LogP contribution in [0.25, 0.3) is 0 Å². The lowest BCUT2D eigenvalue weighted by Gasteiger charge is -2.16. The number of phenolic OH excluding ortho intramolecular Hbond substituents is 2. The molecule has 0 radical (unpaired) electrons. The maximum atomic E-state index is 9.72. The van der Waals surface area contributed by atoms with E-state index in [4.69, 9.17) is 0 Å². The third kappa shape index (κ3) is 2.78. The van der Waals surface area contributed by atoms with Crippen LogP contribution in [0.15, 0.2) is 35.7 Å². The standard InChI is InChI=1S/C13H15NO2S/c1-9(14-8-10-4-3-7-17-10)13-11(15)5-2-6-12(13)16/h2-7,9,14-16H,8H2,1H3. The van der Waals surface area contributed by atoms with Gasteiger partial charge in [-0.05, 0) is 30.5 Å². The molecule has 1 unspecified atom stereocenters. The first-order valence-electron chi connectivity index (χ1n) is 5.45. The van der Waals surface area contributed by atoms with Crippen molar-refractivity contribution in [2.45, 2.75) is 19.5 Å². The molecule has 0 bridgehead atoms. The molecule has 4 heteroatoms. The van der Waals surface area contributed by atoms with Crippen LogP contribution < -0.4 is 5.32 Å². The lowest BCUT2D eigenvalue weighted by Crippen LogP contribution is -2.17. The van der Waals surface area contributed by atoms with E-state index < -0.39 is 0 Å². The monoisotopic (exact) mass is 249 g/mol. The minimum Gasteiger partial charge on any atom is -0.507 e. The van der Waals surface area contributed by atoms with Gasteiger partial charge in [-0.1, -0.05) is 12.1 Å². The first-order valence-corrected chi connectivity index (χ1v) is 6.33. The van der Waals surface area contributed by atoms with Crippen molar-refractivity contribution in [3.8, 4) is 11.5 Å². The zero-order chi connectivity index (χ0) is 12.3. The molecule has 17 heavy (non-hydrogen) atoms. The fourth-order valence-electron chi connectivity index (χ4n) is 1.75. The van der Waals surface area contributed by atoms with Crippen LogP contribution in [-0.4, -0.2) is 10.2 Å². The minimum absolute atomic E-state index is 0.0988. The first-order chi connectivity index (χ1) is 8.18. The molecule has 1 heterocycles. The van der Waals surface area contributed by atoms with Crippen LogP contribution in [-0.2, 0) is 6.54 Å². The molecule has 90 valence electrons. The number of hydrogen-bond acceptors (Lipinski definition) is 4. The van der Waals surface area contributed by atoms with Crippen LogP contribution >= 0.6 is 11.3 Å². The molecule has 0 saturated carbocycles. The molecule has 1 aromatic carbocycles. The van der Waals surface area contributed by atoms with Crippen molar-refractivity contribution in [1.29, 1.82) is 0 Å². The maximum absolute atomic E-state index is 9.72. The van der Waals surface area contributed by atoms with Crippen molar-refractivity contribution in [3.05, 3.63) is 46.2 Å². The van der Waals surface area contributed by atoms with Gasteiger partial charge < -0.3 is 15.5 Å². The van der Waals surface area contributed by atoms with E-state index >= 15 is 0 Å². The van der Waals surface area contributed by atoms with E-state index in [1.54, 1.807) is 29.5 Å². The van der Waals surface area contributed by atoms with E-state index in [1.807, 2.05) is 18.4 Å². The third-order valence-corrected chi connectivity index (χ3v) is 3.53. The summed E-state index contributed by atoms with van der Waals surface area (Å²) in [6.07, 6.45) is 0. The molecule has 0 aliphatic carbocycles. The van der Waals surface area contributed by atoms with E-state index in [0.717, 1.165) is 6.54 Å². The molecule has 2 rings (SSSR count). The number of benzene rings is 1. The highest BCUT2D eigenvalue weighted by Gasteiger charge is 2.14. The van der Waals surface area contributed by atoms with Crippen LogP contribution in [0.3, 0.4) is 0 Å². The van der Waals surface area contributed by atoms with Crippen molar-refractivity contribution in [2.75, 3.05) is 0 Å². The van der Waals surface area contributed by atoms with Gasteiger partial charge in [-0.2, -0.15) is 0 Å². The number of nitrogens with one attached hydrogen (secondary N) is 1. The SMILES string of the molecule is CC(NCc1cccs1)c1c(O)cccc1O. The number of thiophene rings is 1. The van der Waals surface area contributed by atoms with Crippen molar-refractivity contribution < 1.29 is 10.2 Å². The van der Waals surface area contributed by atoms with Crippen LogP contribution in [0, 0.1) is 0 Å². The van der Waals surface area contributed by atoms with Crippen LogP contribution in [0.1, 0.15) is 23.4 Å². The van der Waals surface area contributed by atoms with Gasteiger partial charge in [-0.15, -0.1) is 11.3 Å². The van der Waals surface area contributed by atoms with Gasteiger partial charge in [0.25, 0.3) is 0 Å². The average molecular weight is 249 g/mol. The van der Waals surface area contributed by atoms with E-state index in [-0.39, 0.29) is 17.5 Å². The second kappa shape index (κ2) is 5.21. The normalized spacial score (nSPS) is 12.5. The number of rotatable bonds is 4. The van der Waals surface area contributed by atoms with Gasteiger partial charge >= 0.3 is 0 Å². The molecule has 3 nitrogen and oxygen atoms in total. The Hall–Kier alpha value is -1.52. The van der Waals surface area contributed by atoms with Gasteiger partial charge in [0, 0.05) is 17.5 Å². The second-order valence-corrected chi connectivity index (χ2v) is 4.92. The van der Waals surface area contributed by atoms with Crippen LogP contribution in [0.2, 0.25) is 0 Å². The Morgan fingerprint density at radius 1 is 1.18 bits per heavy atom. The van der Waals surface area contributed by atoms with Crippen molar-refractivity contribution in [2.24, 2.45) is 0 Å². The summed E-state index contributed by atoms with van der Waals surface area (Å²) in [6, 6.07) is 8.74. The van der Waals surface area contributed by atoms with Crippen molar-refractivity contribution in [3.63, 3.8) is 0 Å². The summed E-state index contributed by atoms with van der Waals surface area (Å²) in [5.41, 5.74) is 0.545. The minimum atomic E-state index is -0.0988. The zero-order valence-corrected chi connectivity index (χ0v) is 10.4. The lowest BCUT2D eigenvalue weighted by atomic mass is 10.1. The van der Waals surface area contributed by atoms with Gasteiger partial charge in [0.1, 0.15) is 11.5 Å². The Morgan fingerprint density at radius 3 is 2.47 bits per heavy atom. The zero-order valence-electron chi connectivity index (χ0n) is 9.55. The highest BCUT2D eigenvalue weighted by Crippen LogP contribution is 2.32. The summed E-state index contributed by atoms with van der Waals surface area (Å²) in [7, 11) is 0. The molecule has 3 N–H and O–H groups in total. The fraction of sp³-hybridized carbons (Fsp3) is 0.231. The Labute approximate surface area is 104 Å². The van der Waals surface area contributed by atoms with E-state index in [0.29, 0.717) is 5.56 Å². The first kappa shape index (κ1) is 12.0. The molecule has 0 spiro atoms. The molecular formula is C13H15NO2S. The highest BCUT2D eigenvalue weighted by atomic mass is 32.1. The van der Waals surface area contributed by atoms with Gasteiger partial charge in [0.15, 0.2) is 0 Å². The number of phenols is 2. The van der Waals surface area contributed by atoms with Crippen molar-refractivity contribution >= 4 is 11.3 Å². The second-order valence-electron chi connectivity index (χ2n) is 3.89. The molecule has 1 aromatic heterocycles. The fourth-order valence-corrected chi connectivity index (χ4v) is 2.41. The smallest absolute Gasteiger partial charge is 0.124 e. The summed E-state index contributed by atoms with van der Waals surface area (Å²) < 4.78 is 0. The summed E-state index contributed by atoms with van der Waals surface area (Å²) in [4.78, 5) is 1.23.